The Labute approximate surface area is 149 Å². The van der Waals surface area contributed by atoms with Gasteiger partial charge in [0.15, 0.2) is 0 Å². The highest BCUT2D eigenvalue weighted by Gasteiger charge is 2.28. The van der Waals surface area contributed by atoms with Gasteiger partial charge in [0.2, 0.25) is 5.91 Å². The second kappa shape index (κ2) is 7.70. The van der Waals surface area contributed by atoms with E-state index in [0.717, 1.165) is 5.56 Å². The van der Waals surface area contributed by atoms with Gasteiger partial charge in [0, 0.05) is 5.56 Å². The summed E-state index contributed by atoms with van der Waals surface area (Å²) < 4.78 is 26.1. The molecule has 1 aliphatic heterocycles. The smallest absolute Gasteiger partial charge is 0.280 e. The first kappa shape index (κ1) is 18.1. The highest BCUT2D eigenvalue weighted by molar-refractivity contribution is 6.06. The van der Waals surface area contributed by atoms with Crippen molar-refractivity contribution in [2.24, 2.45) is 4.99 Å². The summed E-state index contributed by atoms with van der Waals surface area (Å²) in [6.07, 6.45) is -2.72. The standard InChI is InChI=1S/C19H19F2N3O2/c1-11(12-5-3-2-4-6-12)23-16(26)8-14-7-13-9-22-18(19(20)21)17(13)15(10-25)24-14/h2-7,11,19,25H,8-10H2,1H3,(H,23,26)/t11-/m1/s1. The molecule has 0 bridgehead atoms. The summed E-state index contributed by atoms with van der Waals surface area (Å²) in [5.41, 5.74) is 1.98. The van der Waals surface area contributed by atoms with Crippen molar-refractivity contribution in [1.29, 1.82) is 0 Å². The summed E-state index contributed by atoms with van der Waals surface area (Å²) in [5, 5.41) is 12.4. The van der Waals surface area contributed by atoms with Crippen molar-refractivity contribution in [3.8, 4) is 0 Å². The number of amides is 1. The monoisotopic (exact) mass is 359 g/mol. The van der Waals surface area contributed by atoms with Crippen LogP contribution in [0.15, 0.2) is 41.4 Å². The molecule has 0 spiro atoms. The van der Waals surface area contributed by atoms with Gasteiger partial charge in [-0.25, -0.2) is 8.78 Å². The average Bonchev–Trinajstić information content (AvgIpc) is 3.05. The summed E-state index contributed by atoms with van der Waals surface area (Å²) in [5.74, 6) is -0.231. The minimum Gasteiger partial charge on any atom is -0.390 e. The minimum absolute atomic E-state index is 0.00145. The number of hydrogen-bond acceptors (Lipinski definition) is 4. The van der Waals surface area contributed by atoms with Crippen LogP contribution in [-0.4, -0.2) is 28.1 Å². The Morgan fingerprint density at radius 3 is 2.69 bits per heavy atom. The van der Waals surface area contributed by atoms with Gasteiger partial charge < -0.3 is 10.4 Å². The van der Waals surface area contributed by atoms with E-state index in [1.165, 1.54) is 0 Å². The van der Waals surface area contributed by atoms with Crippen LogP contribution in [0.1, 0.15) is 41.0 Å². The zero-order valence-corrected chi connectivity index (χ0v) is 14.2. The minimum atomic E-state index is -2.72. The van der Waals surface area contributed by atoms with Crippen LogP contribution in [0.2, 0.25) is 0 Å². The van der Waals surface area contributed by atoms with Gasteiger partial charge in [0.25, 0.3) is 6.43 Å². The normalized spacial score (nSPS) is 14.1. The molecule has 2 heterocycles. The average molecular weight is 359 g/mol. The fraction of sp³-hybridized carbons (Fsp3) is 0.316. The predicted octanol–water partition coefficient (Wildman–Crippen LogP) is 2.56. The van der Waals surface area contributed by atoms with Crippen molar-refractivity contribution in [2.45, 2.75) is 39.0 Å². The van der Waals surface area contributed by atoms with E-state index in [1.54, 1.807) is 6.07 Å². The summed E-state index contributed by atoms with van der Waals surface area (Å²) in [4.78, 5) is 20.3. The highest BCUT2D eigenvalue weighted by Crippen LogP contribution is 2.26. The number of nitrogens with one attached hydrogen (secondary N) is 1. The van der Waals surface area contributed by atoms with Crippen LogP contribution in [0.4, 0.5) is 8.78 Å². The second-order valence-electron chi connectivity index (χ2n) is 6.13. The molecule has 1 aromatic heterocycles. The molecule has 5 nitrogen and oxygen atoms in total. The third-order valence-electron chi connectivity index (χ3n) is 4.28. The molecule has 1 atom stereocenters. The number of aromatic nitrogens is 1. The predicted molar refractivity (Wildman–Crippen MR) is 93.1 cm³/mol. The van der Waals surface area contributed by atoms with Crippen LogP contribution in [0.5, 0.6) is 0 Å². The van der Waals surface area contributed by atoms with E-state index in [4.69, 9.17) is 0 Å². The molecule has 0 saturated heterocycles. The fourth-order valence-corrected chi connectivity index (χ4v) is 3.07. The molecule has 7 heteroatoms. The third-order valence-corrected chi connectivity index (χ3v) is 4.28. The Kier molecular flexibility index (Phi) is 5.37. The lowest BCUT2D eigenvalue weighted by Crippen LogP contribution is -2.28. The topological polar surface area (TPSA) is 74.6 Å². The maximum Gasteiger partial charge on any atom is 0.280 e. The molecule has 0 radical (unpaired) electrons. The number of aliphatic hydroxyl groups is 1. The number of carbonyl (C=O) groups is 1. The number of rotatable bonds is 6. The lowest BCUT2D eigenvalue weighted by Gasteiger charge is -2.15. The van der Waals surface area contributed by atoms with Gasteiger partial charge in [0.05, 0.1) is 37.0 Å². The van der Waals surface area contributed by atoms with Crippen molar-refractivity contribution in [1.82, 2.24) is 10.3 Å². The van der Waals surface area contributed by atoms with Crippen molar-refractivity contribution in [3.05, 3.63) is 64.5 Å². The number of nitrogens with zero attached hydrogens (tertiary/aromatic N) is 2. The summed E-state index contributed by atoms with van der Waals surface area (Å²) >= 11 is 0. The first-order chi connectivity index (χ1) is 12.5. The number of benzene rings is 1. The fourth-order valence-electron chi connectivity index (χ4n) is 3.07. The Balaban J connectivity index is 1.74. The molecule has 3 rings (SSSR count). The van der Waals surface area contributed by atoms with Gasteiger partial charge in [-0.15, -0.1) is 0 Å². The molecule has 26 heavy (non-hydrogen) atoms. The zero-order valence-electron chi connectivity index (χ0n) is 14.2. The molecule has 0 fully saturated rings. The third kappa shape index (κ3) is 3.77. The second-order valence-corrected chi connectivity index (χ2v) is 6.13. The molecule has 0 aliphatic carbocycles. The summed E-state index contributed by atoms with van der Waals surface area (Å²) in [6.45, 7) is 1.51. The lowest BCUT2D eigenvalue weighted by molar-refractivity contribution is -0.121. The number of pyridine rings is 1. The number of carbonyl (C=O) groups excluding carboxylic acids is 1. The Morgan fingerprint density at radius 1 is 1.31 bits per heavy atom. The lowest BCUT2D eigenvalue weighted by atomic mass is 10.0. The molecule has 0 saturated carbocycles. The number of aliphatic imine (C=N–C) groups is 1. The van der Waals surface area contributed by atoms with Crippen molar-refractivity contribution in [2.75, 3.05) is 0 Å². The Bertz CT molecular complexity index is 838. The number of alkyl halides is 2. The quantitative estimate of drug-likeness (QED) is 0.832. The molecular weight excluding hydrogens is 340 g/mol. The molecule has 1 aliphatic rings. The molecule has 2 aromatic rings. The number of aliphatic hydroxyl groups excluding tert-OH is 1. The van der Waals surface area contributed by atoms with Crippen LogP contribution in [0.25, 0.3) is 0 Å². The first-order valence-electron chi connectivity index (χ1n) is 8.29. The van der Waals surface area contributed by atoms with Crippen LogP contribution < -0.4 is 5.32 Å². The van der Waals surface area contributed by atoms with E-state index in [1.807, 2.05) is 37.3 Å². The Morgan fingerprint density at radius 2 is 2.04 bits per heavy atom. The van der Waals surface area contributed by atoms with Gasteiger partial charge in [-0.05, 0) is 24.1 Å². The molecule has 136 valence electrons. The number of hydrogen-bond donors (Lipinski definition) is 2. The van der Waals surface area contributed by atoms with Crippen LogP contribution in [0, 0.1) is 0 Å². The highest BCUT2D eigenvalue weighted by atomic mass is 19.3. The van der Waals surface area contributed by atoms with Gasteiger partial charge in [-0.1, -0.05) is 30.3 Å². The van der Waals surface area contributed by atoms with Gasteiger partial charge in [-0.3, -0.25) is 14.8 Å². The summed E-state index contributed by atoms with van der Waals surface area (Å²) in [6, 6.07) is 11.0. The number of halogens is 2. The molecule has 1 aromatic carbocycles. The van der Waals surface area contributed by atoms with Crippen LogP contribution in [0.3, 0.4) is 0 Å². The van der Waals surface area contributed by atoms with Crippen molar-refractivity contribution >= 4 is 11.6 Å². The maximum atomic E-state index is 13.0. The molecule has 2 N–H and O–H groups in total. The molecule has 1 amide bonds. The molecular formula is C19H19F2N3O2. The van der Waals surface area contributed by atoms with Gasteiger partial charge in [0.1, 0.15) is 5.71 Å². The summed E-state index contributed by atoms with van der Waals surface area (Å²) in [7, 11) is 0. The van der Waals surface area contributed by atoms with Crippen molar-refractivity contribution in [3.63, 3.8) is 0 Å². The SMILES string of the molecule is C[C@@H](NC(=O)Cc1cc2c(c(CO)n1)C(C(F)F)=NC2)c1ccccc1. The van der Waals surface area contributed by atoms with E-state index in [0.29, 0.717) is 11.3 Å². The van der Waals surface area contributed by atoms with E-state index in [-0.39, 0.29) is 41.9 Å². The van der Waals surface area contributed by atoms with Crippen molar-refractivity contribution < 1.29 is 18.7 Å². The van der Waals surface area contributed by atoms with Crippen LogP contribution >= 0.6 is 0 Å². The molecule has 0 unspecified atom stereocenters. The Hall–Kier alpha value is -2.67. The maximum absolute atomic E-state index is 13.0. The van der Waals surface area contributed by atoms with E-state index >= 15 is 0 Å². The number of fused-ring (bicyclic) bond motifs is 1. The largest absolute Gasteiger partial charge is 0.390 e. The van der Waals surface area contributed by atoms with Crippen LogP contribution in [-0.2, 0) is 24.4 Å². The first-order valence-corrected chi connectivity index (χ1v) is 8.29. The van der Waals surface area contributed by atoms with E-state index < -0.39 is 13.0 Å². The van der Waals surface area contributed by atoms with E-state index in [2.05, 4.69) is 15.3 Å². The zero-order chi connectivity index (χ0) is 18.7. The van der Waals surface area contributed by atoms with Gasteiger partial charge >= 0.3 is 0 Å². The van der Waals surface area contributed by atoms with E-state index in [9.17, 15) is 18.7 Å². The van der Waals surface area contributed by atoms with Gasteiger partial charge in [-0.2, -0.15) is 0 Å².